The molecule has 5 heteroatoms. The zero-order valence-corrected chi connectivity index (χ0v) is 9.83. The predicted molar refractivity (Wildman–Crippen MR) is 62.0 cm³/mol. The summed E-state index contributed by atoms with van der Waals surface area (Å²) in [4.78, 5) is 13.1. The van der Waals surface area contributed by atoms with Crippen molar-refractivity contribution in [1.29, 1.82) is 0 Å². The highest BCUT2D eigenvalue weighted by atomic mass is 35.5. The fourth-order valence-electron chi connectivity index (χ4n) is 1.97. The summed E-state index contributed by atoms with van der Waals surface area (Å²) in [6, 6.07) is 1.52. The van der Waals surface area contributed by atoms with E-state index in [-0.39, 0.29) is 12.4 Å². The molecule has 2 heterocycles. The van der Waals surface area contributed by atoms with E-state index < -0.39 is 5.97 Å². The molecule has 0 unspecified atom stereocenters. The summed E-state index contributed by atoms with van der Waals surface area (Å²) in [5, 5.41) is 8.91. The lowest BCUT2D eigenvalue weighted by atomic mass is 10.1. The molecule has 1 aromatic rings. The number of aromatic carboxylic acids is 1. The van der Waals surface area contributed by atoms with Gasteiger partial charge in [-0.05, 0) is 32.0 Å². The minimum Gasteiger partial charge on any atom is -0.478 e. The highest BCUT2D eigenvalue weighted by molar-refractivity contribution is 5.88. The van der Waals surface area contributed by atoms with Crippen LogP contribution in [-0.4, -0.2) is 29.1 Å². The first kappa shape index (κ1) is 13.1. The van der Waals surface area contributed by atoms with E-state index in [0.717, 1.165) is 13.1 Å². The third-order valence-electron chi connectivity index (χ3n) is 2.79. The van der Waals surface area contributed by atoms with E-state index in [1.165, 1.54) is 31.6 Å². The Balaban J connectivity index is 0.00000128. The normalized spacial score (nSPS) is 16.8. The number of halogens is 1. The molecule has 90 valence electrons. The second kappa shape index (κ2) is 5.92. The zero-order chi connectivity index (χ0) is 10.7. The van der Waals surface area contributed by atoms with E-state index >= 15 is 0 Å². The van der Waals surface area contributed by atoms with E-state index in [2.05, 4.69) is 4.90 Å². The Labute approximate surface area is 101 Å². The lowest BCUT2D eigenvalue weighted by molar-refractivity contribution is 0.0692. The van der Waals surface area contributed by atoms with Crippen LogP contribution in [0.5, 0.6) is 0 Å². The highest BCUT2D eigenvalue weighted by Gasteiger charge is 2.17. The summed E-state index contributed by atoms with van der Waals surface area (Å²) in [5.74, 6) is -0.333. The number of hydrogen-bond acceptors (Lipinski definition) is 3. The summed E-state index contributed by atoms with van der Waals surface area (Å²) in [6.07, 6.45) is 5.12. The molecule has 1 aliphatic heterocycles. The molecule has 0 bridgehead atoms. The second-order valence-corrected chi connectivity index (χ2v) is 3.90. The fourth-order valence-corrected chi connectivity index (χ4v) is 1.97. The van der Waals surface area contributed by atoms with Crippen molar-refractivity contribution in [3.8, 4) is 0 Å². The second-order valence-electron chi connectivity index (χ2n) is 3.90. The van der Waals surface area contributed by atoms with Crippen LogP contribution in [0.15, 0.2) is 16.7 Å². The average Bonchev–Trinajstić information content (AvgIpc) is 2.67. The molecule has 4 nitrogen and oxygen atoms in total. The number of piperidine rings is 1. The molecule has 0 radical (unpaired) electrons. The molecule has 0 saturated carbocycles. The van der Waals surface area contributed by atoms with Gasteiger partial charge >= 0.3 is 5.97 Å². The maximum Gasteiger partial charge on any atom is 0.339 e. The molecule has 16 heavy (non-hydrogen) atoms. The number of furan rings is 1. The van der Waals surface area contributed by atoms with Crippen molar-refractivity contribution in [3.05, 3.63) is 23.7 Å². The van der Waals surface area contributed by atoms with Gasteiger partial charge in [-0.25, -0.2) is 4.79 Å². The molecule has 1 N–H and O–H groups in total. The van der Waals surface area contributed by atoms with Crippen molar-refractivity contribution < 1.29 is 14.3 Å². The van der Waals surface area contributed by atoms with Crippen molar-refractivity contribution in [3.63, 3.8) is 0 Å². The number of carboxylic acid groups (broad SMARTS) is 1. The first-order chi connectivity index (χ1) is 7.27. The van der Waals surface area contributed by atoms with Crippen LogP contribution in [0, 0.1) is 0 Å². The van der Waals surface area contributed by atoms with Gasteiger partial charge in [0.15, 0.2) is 0 Å². The summed E-state index contributed by atoms with van der Waals surface area (Å²) in [6.45, 7) is 2.70. The van der Waals surface area contributed by atoms with Crippen LogP contribution in [0.1, 0.15) is 35.4 Å². The minimum absolute atomic E-state index is 0. The third kappa shape index (κ3) is 3.00. The van der Waals surface area contributed by atoms with Gasteiger partial charge in [-0.15, -0.1) is 12.4 Å². The predicted octanol–water partition coefficient (Wildman–Crippen LogP) is 2.39. The molecular weight excluding hydrogens is 230 g/mol. The van der Waals surface area contributed by atoms with Crippen LogP contribution in [0.4, 0.5) is 0 Å². The molecule has 0 amide bonds. The van der Waals surface area contributed by atoms with Crippen LogP contribution in [0.3, 0.4) is 0 Å². The number of likely N-dealkylation sites (tertiary alicyclic amines) is 1. The topological polar surface area (TPSA) is 53.7 Å². The van der Waals surface area contributed by atoms with Crippen molar-refractivity contribution in [1.82, 2.24) is 4.90 Å². The van der Waals surface area contributed by atoms with Crippen LogP contribution < -0.4 is 0 Å². The number of carbonyl (C=O) groups is 1. The quantitative estimate of drug-likeness (QED) is 0.889. The molecule has 0 spiro atoms. The van der Waals surface area contributed by atoms with Gasteiger partial charge in [0, 0.05) is 0 Å². The Kier molecular flexibility index (Phi) is 4.83. The maximum absolute atomic E-state index is 10.8. The van der Waals surface area contributed by atoms with Gasteiger partial charge in [0.2, 0.25) is 0 Å². The van der Waals surface area contributed by atoms with E-state index in [4.69, 9.17) is 9.52 Å². The van der Waals surface area contributed by atoms with E-state index in [9.17, 15) is 4.79 Å². The van der Waals surface area contributed by atoms with Gasteiger partial charge in [-0.3, -0.25) is 4.90 Å². The minimum atomic E-state index is -0.907. The molecule has 0 atom stereocenters. The number of rotatable bonds is 3. The van der Waals surface area contributed by atoms with Gasteiger partial charge < -0.3 is 9.52 Å². The van der Waals surface area contributed by atoms with E-state index in [1.807, 2.05) is 0 Å². The number of carboxylic acids is 1. The summed E-state index contributed by atoms with van der Waals surface area (Å²) < 4.78 is 5.21. The first-order valence-corrected chi connectivity index (χ1v) is 5.29. The lowest BCUT2D eigenvalue weighted by Gasteiger charge is -2.25. The molecule has 0 aliphatic carbocycles. The van der Waals surface area contributed by atoms with Crippen LogP contribution in [0.2, 0.25) is 0 Å². The number of nitrogens with zero attached hydrogens (tertiary/aromatic N) is 1. The van der Waals surface area contributed by atoms with Gasteiger partial charge in [-0.1, -0.05) is 6.42 Å². The average molecular weight is 246 g/mol. The Morgan fingerprint density at radius 1 is 1.38 bits per heavy atom. The van der Waals surface area contributed by atoms with Crippen LogP contribution in [-0.2, 0) is 6.54 Å². The van der Waals surface area contributed by atoms with Gasteiger partial charge in [0.1, 0.15) is 11.3 Å². The molecule has 0 aromatic carbocycles. The van der Waals surface area contributed by atoms with Gasteiger partial charge in [0.25, 0.3) is 0 Å². The maximum atomic E-state index is 10.8. The fraction of sp³-hybridized carbons (Fsp3) is 0.545. The standard InChI is InChI=1S/C11H15NO3.ClH/c13-11(14)9-4-7-15-10(9)8-12-5-2-1-3-6-12;/h4,7H,1-3,5-6,8H2,(H,13,14);1H. The van der Waals surface area contributed by atoms with E-state index in [1.54, 1.807) is 0 Å². The summed E-state index contributed by atoms with van der Waals surface area (Å²) >= 11 is 0. The first-order valence-electron chi connectivity index (χ1n) is 5.29. The molecule has 1 aromatic heterocycles. The molecule has 1 aliphatic rings. The van der Waals surface area contributed by atoms with Crippen molar-refractivity contribution in [2.45, 2.75) is 25.8 Å². The summed E-state index contributed by atoms with van der Waals surface area (Å²) in [7, 11) is 0. The van der Waals surface area contributed by atoms with Crippen molar-refractivity contribution >= 4 is 18.4 Å². The molecule has 2 rings (SSSR count). The highest BCUT2D eigenvalue weighted by Crippen LogP contribution is 2.16. The van der Waals surface area contributed by atoms with Gasteiger partial charge in [0.05, 0.1) is 12.8 Å². The zero-order valence-electron chi connectivity index (χ0n) is 9.02. The van der Waals surface area contributed by atoms with Crippen LogP contribution >= 0.6 is 12.4 Å². The molecular formula is C11H16ClNO3. The van der Waals surface area contributed by atoms with E-state index in [0.29, 0.717) is 17.9 Å². The Morgan fingerprint density at radius 2 is 2.06 bits per heavy atom. The Hall–Kier alpha value is -1.00. The summed E-state index contributed by atoms with van der Waals surface area (Å²) in [5.41, 5.74) is 0.292. The van der Waals surface area contributed by atoms with Crippen molar-refractivity contribution in [2.75, 3.05) is 13.1 Å². The third-order valence-corrected chi connectivity index (χ3v) is 2.79. The smallest absolute Gasteiger partial charge is 0.339 e. The Morgan fingerprint density at radius 3 is 2.69 bits per heavy atom. The SMILES string of the molecule is Cl.O=C(O)c1ccoc1CN1CCCCC1. The van der Waals surface area contributed by atoms with Gasteiger partial charge in [-0.2, -0.15) is 0 Å². The Bertz CT molecular complexity index is 345. The van der Waals surface area contributed by atoms with Crippen molar-refractivity contribution in [2.24, 2.45) is 0 Å². The molecule has 1 fully saturated rings. The lowest BCUT2D eigenvalue weighted by Crippen LogP contribution is -2.29. The van der Waals surface area contributed by atoms with Crippen LogP contribution in [0.25, 0.3) is 0 Å². The number of hydrogen-bond donors (Lipinski definition) is 1. The largest absolute Gasteiger partial charge is 0.478 e. The molecule has 1 saturated heterocycles. The monoisotopic (exact) mass is 245 g/mol.